The van der Waals surface area contributed by atoms with E-state index in [1.54, 1.807) is 12.4 Å². The van der Waals surface area contributed by atoms with Gasteiger partial charge in [0.15, 0.2) is 5.82 Å². The molecule has 0 aliphatic rings. The molecule has 0 fully saturated rings. The van der Waals surface area contributed by atoms with Crippen LogP contribution in [0.1, 0.15) is 31.9 Å². The minimum Gasteiger partial charge on any atom is -0.237 e. The first-order valence-corrected chi connectivity index (χ1v) is 5.87. The van der Waals surface area contributed by atoms with Crippen LogP contribution in [0.25, 0.3) is 11.4 Å². The molecule has 0 saturated heterocycles. The predicted octanol–water partition coefficient (Wildman–Crippen LogP) is 3.75. The Morgan fingerprint density at radius 3 is 2.24 bits per heavy atom. The first kappa shape index (κ1) is 11.8. The van der Waals surface area contributed by atoms with E-state index in [0.717, 1.165) is 11.4 Å². The van der Waals surface area contributed by atoms with Gasteiger partial charge in [-0.2, -0.15) is 0 Å². The topological polar surface area (TPSA) is 25.8 Å². The first-order chi connectivity index (χ1) is 7.98. The standard InChI is InChI=1S/C15H18N2/c1-11-6-7-12(15(2,3)4)10-13(11)14-16-8-5-9-17-14/h5-10H,1-4H3. The molecule has 0 unspecified atom stereocenters. The zero-order valence-corrected chi connectivity index (χ0v) is 10.9. The van der Waals surface area contributed by atoms with E-state index in [-0.39, 0.29) is 5.41 Å². The van der Waals surface area contributed by atoms with Crippen LogP contribution in [0.4, 0.5) is 0 Å². The SMILES string of the molecule is Cc1ccc(C(C)(C)C)cc1-c1ncccn1. The van der Waals surface area contributed by atoms with E-state index >= 15 is 0 Å². The van der Waals surface area contributed by atoms with Crippen LogP contribution in [-0.2, 0) is 5.41 Å². The van der Waals surface area contributed by atoms with Crippen molar-refractivity contribution >= 4 is 0 Å². The fourth-order valence-corrected chi connectivity index (χ4v) is 1.77. The Hall–Kier alpha value is -1.70. The van der Waals surface area contributed by atoms with Crippen molar-refractivity contribution in [2.75, 3.05) is 0 Å². The number of rotatable bonds is 1. The molecule has 0 bridgehead atoms. The van der Waals surface area contributed by atoms with Crippen LogP contribution in [0.2, 0.25) is 0 Å². The molecule has 2 rings (SSSR count). The second-order valence-corrected chi connectivity index (χ2v) is 5.35. The number of nitrogens with zero attached hydrogens (tertiary/aromatic N) is 2. The van der Waals surface area contributed by atoms with Crippen molar-refractivity contribution in [1.82, 2.24) is 9.97 Å². The summed E-state index contributed by atoms with van der Waals surface area (Å²) in [6, 6.07) is 8.37. The zero-order valence-electron chi connectivity index (χ0n) is 10.9. The third-order valence-corrected chi connectivity index (χ3v) is 2.91. The Bertz CT molecular complexity index is 510. The molecular formula is C15H18N2. The van der Waals surface area contributed by atoms with Crippen LogP contribution in [-0.4, -0.2) is 9.97 Å². The van der Waals surface area contributed by atoms with Gasteiger partial charge in [0.05, 0.1) is 0 Å². The molecule has 0 saturated carbocycles. The average Bonchev–Trinajstić information content (AvgIpc) is 2.29. The van der Waals surface area contributed by atoms with Gasteiger partial charge in [0.2, 0.25) is 0 Å². The van der Waals surface area contributed by atoms with Gasteiger partial charge >= 0.3 is 0 Å². The Labute approximate surface area is 103 Å². The van der Waals surface area contributed by atoms with Gasteiger partial charge in [0.1, 0.15) is 0 Å². The molecule has 88 valence electrons. The van der Waals surface area contributed by atoms with Gasteiger partial charge in [0, 0.05) is 18.0 Å². The van der Waals surface area contributed by atoms with Gasteiger partial charge in [0.25, 0.3) is 0 Å². The number of benzene rings is 1. The molecule has 1 aromatic carbocycles. The normalized spacial score (nSPS) is 11.5. The van der Waals surface area contributed by atoms with Gasteiger partial charge < -0.3 is 0 Å². The van der Waals surface area contributed by atoms with Crippen molar-refractivity contribution in [3.05, 3.63) is 47.8 Å². The molecule has 0 aliphatic carbocycles. The summed E-state index contributed by atoms with van der Waals surface area (Å²) in [7, 11) is 0. The summed E-state index contributed by atoms with van der Waals surface area (Å²) >= 11 is 0. The summed E-state index contributed by atoms with van der Waals surface area (Å²) < 4.78 is 0. The maximum absolute atomic E-state index is 4.32. The van der Waals surface area contributed by atoms with Crippen LogP contribution in [0.15, 0.2) is 36.7 Å². The van der Waals surface area contributed by atoms with E-state index in [0.29, 0.717) is 0 Å². The molecule has 0 amide bonds. The number of aryl methyl sites for hydroxylation is 1. The highest BCUT2D eigenvalue weighted by Gasteiger charge is 2.15. The van der Waals surface area contributed by atoms with Gasteiger partial charge in [-0.15, -0.1) is 0 Å². The van der Waals surface area contributed by atoms with Crippen molar-refractivity contribution in [3.8, 4) is 11.4 Å². The Kier molecular flexibility index (Phi) is 2.97. The number of aromatic nitrogens is 2. The summed E-state index contributed by atoms with van der Waals surface area (Å²) in [6.07, 6.45) is 3.57. The van der Waals surface area contributed by atoms with Crippen LogP contribution >= 0.6 is 0 Å². The summed E-state index contributed by atoms with van der Waals surface area (Å²) in [4.78, 5) is 8.64. The minimum atomic E-state index is 0.150. The van der Waals surface area contributed by atoms with Gasteiger partial charge in [-0.05, 0) is 35.6 Å². The molecule has 0 N–H and O–H groups in total. The third kappa shape index (κ3) is 2.52. The quantitative estimate of drug-likeness (QED) is 0.740. The van der Waals surface area contributed by atoms with Crippen molar-refractivity contribution in [2.24, 2.45) is 0 Å². The van der Waals surface area contributed by atoms with Crippen LogP contribution in [0.5, 0.6) is 0 Å². The van der Waals surface area contributed by atoms with E-state index in [9.17, 15) is 0 Å². The molecule has 1 aromatic heterocycles. The second-order valence-electron chi connectivity index (χ2n) is 5.35. The lowest BCUT2D eigenvalue weighted by molar-refractivity contribution is 0.590. The van der Waals surface area contributed by atoms with Gasteiger partial charge in [-0.3, -0.25) is 0 Å². The molecule has 2 nitrogen and oxygen atoms in total. The highest BCUT2D eigenvalue weighted by atomic mass is 14.8. The summed E-state index contributed by atoms with van der Waals surface area (Å²) in [5.41, 5.74) is 3.80. The lowest BCUT2D eigenvalue weighted by Crippen LogP contribution is -2.11. The maximum atomic E-state index is 4.32. The number of hydrogen-bond acceptors (Lipinski definition) is 2. The largest absolute Gasteiger partial charge is 0.237 e. The molecule has 2 heteroatoms. The van der Waals surface area contributed by atoms with Gasteiger partial charge in [-0.1, -0.05) is 32.9 Å². The van der Waals surface area contributed by atoms with E-state index in [1.165, 1.54) is 11.1 Å². The molecular weight excluding hydrogens is 208 g/mol. The monoisotopic (exact) mass is 226 g/mol. The van der Waals surface area contributed by atoms with Crippen LogP contribution in [0, 0.1) is 6.92 Å². The minimum absolute atomic E-state index is 0.150. The van der Waals surface area contributed by atoms with Crippen molar-refractivity contribution in [1.29, 1.82) is 0 Å². The molecule has 0 spiro atoms. The Morgan fingerprint density at radius 2 is 1.65 bits per heavy atom. The molecule has 0 radical (unpaired) electrons. The molecule has 2 aromatic rings. The third-order valence-electron chi connectivity index (χ3n) is 2.91. The van der Waals surface area contributed by atoms with Crippen molar-refractivity contribution < 1.29 is 0 Å². The van der Waals surface area contributed by atoms with Crippen molar-refractivity contribution in [2.45, 2.75) is 33.1 Å². The lowest BCUT2D eigenvalue weighted by atomic mass is 9.85. The fraction of sp³-hybridized carbons (Fsp3) is 0.333. The fourth-order valence-electron chi connectivity index (χ4n) is 1.77. The highest BCUT2D eigenvalue weighted by molar-refractivity contribution is 5.61. The van der Waals surface area contributed by atoms with Crippen LogP contribution < -0.4 is 0 Å². The van der Waals surface area contributed by atoms with Gasteiger partial charge in [-0.25, -0.2) is 9.97 Å². The summed E-state index contributed by atoms with van der Waals surface area (Å²) in [5.74, 6) is 0.802. The van der Waals surface area contributed by atoms with E-state index in [2.05, 4.69) is 55.9 Å². The Morgan fingerprint density at radius 1 is 1.00 bits per heavy atom. The van der Waals surface area contributed by atoms with Crippen molar-refractivity contribution in [3.63, 3.8) is 0 Å². The molecule has 0 atom stereocenters. The Balaban J connectivity index is 2.55. The zero-order chi connectivity index (χ0) is 12.5. The van der Waals surface area contributed by atoms with E-state index in [1.807, 2.05) is 6.07 Å². The smallest absolute Gasteiger partial charge is 0.159 e. The van der Waals surface area contributed by atoms with Crippen LogP contribution in [0.3, 0.4) is 0 Å². The summed E-state index contributed by atoms with van der Waals surface area (Å²) in [6.45, 7) is 8.74. The molecule has 0 aliphatic heterocycles. The highest BCUT2D eigenvalue weighted by Crippen LogP contribution is 2.28. The summed E-state index contributed by atoms with van der Waals surface area (Å²) in [5, 5.41) is 0. The average molecular weight is 226 g/mol. The second kappa shape index (κ2) is 4.28. The predicted molar refractivity (Wildman–Crippen MR) is 70.9 cm³/mol. The first-order valence-electron chi connectivity index (χ1n) is 5.87. The maximum Gasteiger partial charge on any atom is 0.159 e. The molecule has 17 heavy (non-hydrogen) atoms. The van der Waals surface area contributed by atoms with E-state index in [4.69, 9.17) is 0 Å². The number of hydrogen-bond donors (Lipinski definition) is 0. The molecule has 1 heterocycles. The lowest BCUT2D eigenvalue weighted by Gasteiger charge is -2.20. The van der Waals surface area contributed by atoms with E-state index < -0.39 is 0 Å².